The number of anilines is 1. The maximum Gasteiger partial charge on any atom is 0.232 e. The van der Waals surface area contributed by atoms with Gasteiger partial charge in [-0.3, -0.25) is 4.79 Å². The van der Waals surface area contributed by atoms with Gasteiger partial charge in [0.25, 0.3) is 0 Å². The van der Waals surface area contributed by atoms with Crippen LogP contribution in [0.4, 0.5) is 14.5 Å². The van der Waals surface area contributed by atoms with Gasteiger partial charge < -0.3 is 4.90 Å². The summed E-state index contributed by atoms with van der Waals surface area (Å²) in [6.45, 7) is 0.0917. The Morgan fingerprint density at radius 1 is 1.40 bits per heavy atom. The number of amides is 1. The topological polar surface area (TPSA) is 54.5 Å². The van der Waals surface area contributed by atoms with E-state index in [9.17, 15) is 22.0 Å². The number of carbonyl (C=O) groups is 1. The standard InChI is InChI=1S/C11H9BrClF2NO3S/c12-10-8(2-1-7(14)11(10)15)16-4-6(3-9(16)17)5-20(13,18)19/h1-2,6H,3-5H2. The maximum atomic E-state index is 13.5. The zero-order valence-corrected chi connectivity index (χ0v) is 13.1. The summed E-state index contributed by atoms with van der Waals surface area (Å²) < 4.78 is 48.4. The van der Waals surface area contributed by atoms with Crippen molar-refractivity contribution in [3.8, 4) is 0 Å². The third-order valence-corrected chi connectivity index (χ3v) is 4.95. The Morgan fingerprint density at radius 3 is 2.65 bits per heavy atom. The lowest BCUT2D eigenvalue weighted by Crippen LogP contribution is -2.26. The molecule has 0 bridgehead atoms. The number of rotatable bonds is 3. The van der Waals surface area contributed by atoms with E-state index in [0.29, 0.717) is 0 Å². The van der Waals surface area contributed by atoms with Gasteiger partial charge in [0.1, 0.15) is 0 Å². The Balaban J connectivity index is 2.27. The van der Waals surface area contributed by atoms with Crippen LogP contribution >= 0.6 is 26.6 Å². The van der Waals surface area contributed by atoms with E-state index >= 15 is 0 Å². The van der Waals surface area contributed by atoms with E-state index in [0.717, 1.165) is 6.07 Å². The molecule has 0 aliphatic carbocycles. The van der Waals surface area contributed by atoms with Crippen LogP contribution in [0.2, 0.25) is 0 Å². The number of halogens is 4. The highest BCUT2D eigenvalue weighted by Crippen LogP contribution is 2.34. The highest BCUT2D eigenvalue weighted by molar-refractivity contribution is 9.10. The third kappa shape index (κ3) is 3.29. The quantitative estimate of drug-likeness (QED) is 0.591. The molecular formula is C11H9BrClF2NO3S. The fourth-order valence-electron chi connectivity index (χ4n) is 2.13. The first-order valence-electron chi connectivity index (χ1n) is 5.55. The van der Waals surface area contributed by atoms with Crippen LogP contribution in [0, 0.1) is 17.6 Å². The number of carbonyl (C=O) groups excluding carboxylic acids is 1. The van der Waals surface area contributed by atoms with Gasteiger partial charge in [-0.15, -0.1) is 0 Å². The van der Waals surface area contributed by atoms with Crippen molar-refractivity contribution in [2.24, 2.45) is 5.92 Å². The second kappa shape index (κ2) is 5.57. The van der Waals surface area contributed by atoms with Crippen molar-refractivity contribution < 1.29 is 22.0 Å². The Hall–Kier alpha value is -0.730. The fraction of sp³-hybridized carbons (Fsp3) is 0.364. The molecule has 1 saturated heterocycles. The fourth-order valence-corrected chi connectivity index (χ4v) is 3.99. The van der Waals surface area contributed by atoms with Gasteiger partial charge in [0.2, 0.25) is 15.0 Å². The van der Waals surface area contributed by atoms with E-state index < -0.39 is 26.6 Å². The molecule has 1 aromatic carbocycles. The highest BCUT2D eigenvalue weighted by Gasteiger charge is 2.34. The second-order valence-electron chi connectivity index (χ2n) is 4.47. The molecule has 2 rings (SSSR count). The van der Waals surface area contributed by atoms with Crippen LogP contribution in [0.3, 0.4) is 0 Å². The largest absolute Gasteiger partial charge is 0.311 e. The molecular weight excluding hydrogens is 380 g/mol. The van der Waals surface area contributed by atoms with Gasteiger partial charge in [-0.2, -0.15) is 0 Å². The van der Waals surface area contributed by atoms with Crippen molar-refractivity contribution in [1.29, 1.82) is 0 Å². The van der Waals surface area contributed by atoms with E-state index in [1.807, 2.05) is 0 Å². The molecule has 0 radical (unpaired) electrons. The molecule has 0 spiro atoms. The molecule has 1 heterocycles. The summed E-state index contributed by atoms with van der Waals surface area (Å²) in [6.07, 6.45) is -0.00259. The Morgan fingerprint density at radius 2 is 2.05 bits per heavy atom. The lowest BCUT2D eigenvalue weighted by molar-refractivity contribution is -0.117. The van der Waals surface area contributed by atoms with Gasteiger partial charge in [-0.1, -0.05) is 0 Å². The number of hydrogen-bond donors (Lipinski definition) is 0. The Labute approximate surface area is 127 Å². The second-order valence-corrected chi connectivity index (χ2v) is 8.09. The molecule has 0 aromatic heterocycles. The van der Waals surface area contributed by atoms with Gasteiger partial charge in [0, 0.05) is 29.6 Å². The predicted molar refractivity (Wildman–Crippen MR) is 74.2 cm³/mol. The monoisotopic (exact) mass is 387 g/mol. The molecule has 0 N–H and O–H groups in total. The molecule has 4 nitrogen and oxygen atoms in total. The molecule has 1 aromatic rings. The summed E-state index contributed by atoms with van der Waals surface area (Å²) in [5.74, 6) is -3.29. The van der Waals surface area contributed by atoms with Gasteiger partial charge in [0.15, 0.2) is 11.6 Å². The molecule has 110 valence electrons. The summed E-state index contributed by atoms with van der Waals surface area (Å²) in [7, 11) is 1.44. The van der Waals surface area contributed by atoms with Crippen molar-refractivity contribution >= 4 is 47.3 Å². The van der Waals surface area contributed by atoms with Crippen molar-refractivity contribution in [1.82, 2.24) is 0 Å². The number of nitrogens with zero attached hydrogens (tertiary/aromatic N) is 1. The molecule has 1 atom stereocenters. The van der Waals surface area contributed by atoms with Crippen LogP contribution < -0.4 is 4.90 Å². The lowest BCUT2D eigenvalue weighted by Gasteiger charge is -2.18. The molecule has 1 fully saturated rings. The first-order chi connectivity index (χ1) is 9.19. The summed E-state index contributed by atoms with van der Waals surface area (Å²) >= 11 is 2.90. The lowest BCUT2D eigenvalue weighted by atomic mass is 10.1. The minimum Gasteiger partial charge on any atom is -0.311 e. The first kappa shape index (κ1) is 15.7. The van der Waals surface area contributed by atoms with Gasteiger partial charge in [-0.05, 0) is 28.1 Å². The van der Waals surface area contributed by atoms with E-state index in [2.05, 4.69) is 15.9 Å². The van der Waals surface area contributed by atoms with Crippen LogP contribution in [0.1, 0.15) is 6.42 Å². The van der Waals surface area contributed by atoms with Crippen LogP contribution in [0.25, 0.3) is 0 Å². The minimum atomic E-state index is -3.71. The predicted octanol–water partition coefficient (Wildman–Crippen LogP) is 2.65. The van der Waals surface area contributed by atoms with Crippen molar-refractivity contribution in [2.45, 2.75) is 6.42 Å². The van der Waals surface area contributed by atoms with E-state index in [1.54, 1.807) is 0 Å². The summed E-state index contributed by atoms with van der Waals surface area (Å²) in [6, 6.07) is 2.17. The SMILES string of the molecule is O=C1CC(CS(=O)(=O)Cl)CN1c1ccc(F)c(F)c1Br. The average Bonchev–Trinajstić information content (AvgIpc) is 2.65. The molecule has 1 aliphatic heterocycles. The van der Waals surface area contributed by atoms with Crippen LogP contribution in [0.15, 0.2) is 16.6 Å². The van der Waals surface area contributed by atoms with Gasteiger partial charge in [0.05, 0.1) is 15.9 Å². The molecule has 20 heavy (non-hydrogen) atoms. The van der Waals surface area contributed by atoms with Crippen LogP contribution in [0.5, 0.6) is 0 Å². The Bertz CT molecular complexity index is 668. The summed E-state index contributed by atoms with van der Waals surface area (Å²) in [5.41, 5.74) is 0.170. The maximum absolute atomic E-state index is 13.5. The van der Waals surface area contributed by atoms with Gasteiger partial charge >= 0.3 is 0 Å². The van der Waals surface area contributed by atoms with Gasteiger partial charge in [-0.25, -0.2) is 17.2 Å². The zero-order valence-electron chi connectivity index (χ0n) is 9.95. The molecule has 0 saturated carbocycles. The van der Waals surface area contributed by atoms with Crippen LogP contribution in [-0.4, -0.2) is 26.6 Å². The average molecular weight is 389 g/mol. The Kier molecular flexibility index (Phi) is 4.36. The normalized spacial score (nSPS) is 19.7. The van der Waals surface area contributed by atoms with E-state index in [-0.39, 0.29) is 34.8 Å². The van der Waals surface area contributed by atoms with Crippen molar-refractivity contribution in [3.05, 3.63) is 28.2 Å². The first-order valence-corrected chi connectivity index (χ1v) is 8.82. The highest BCUT2D eigenvalue weighted by atomic mass is 79.9. The zero-order chi connectivity index (χ0) is 15.1. The van der Waals surface area contributed by atoms with Crippen LogP contribution in [-0.2, 0) is 13.8 Å². The summed E-state index contributed by atoms with van der Waals surface area (Å²) in [5, 5.41) is 0. The number of benzene rings is 1. The minimum absolute atomic E-state index is 0.00259. The summed E-state index contributed by atoms with van der Waals surface area (Å²) in [4.78, 5) is 13.1. The molecule has 1 unspecified atom stereocenters. The smallest absolute Gasteiger partial charge is 0.232 e. The molecule has 9 heteroatoms. The molecule has 1 aliphatic rings. The van der Waals surface area contributed by atoms with Crippen molar-refractivity contribution in [3.63, 3.8) is 0 Å². The van der Waals surface area contributed by atoms with E-state index in [4.69, 9.17) is 10.7 Å². The molecule has 1 amide bonds. The van der Waals surface area contributed by atoms with Crippen molar-refractivity contribution in [2.75, 3.05) is 17.2 Å². The number of hydrogen-bond acceptors (Lipinski definition) is 3. The van der Waals surface area contributed by atoms with E-state index in [1.165, 1.54) is 11.0 Å². The third-order valence-electron chi connectivity index (χ3n) is 2.95.